The van der Waals surface area contributed by atoms with Crippen LogP contribution in [-0.2, 0) is 22.5 Å². The largest absolute Gasteiger partial charge is 0.469 e. The van der Waals surface area contributed by atoms with Crippen molar-refractivity contribution in [3.05, 3.63) is 21.9 Å². The zero-order valence-electron chi connectivity index (χ0n) is 11.4. The van der Waals surface area contributed by atoms with Gasteiger partial charge in [0.25, 0.3) is 0 Å². The fourth-order valence-corrected chi connectivity index (χ4v) is 3.82. The predicted molar refractivity (Wildman–Crippen MR) is 76.1 cm³/mol. The van der Waals surface area contributed by atoms with Gasteiger partial charge in [0.05, 0.1) is 13.5 Å². The summed E-state index contributed by atoms with van der Waals surface area (Å²) in [6, 6.07) is 4.15. The molecule has 1 aromatic heterocycles. The van der Waals surface area contributed by atoms with E-state index in [4.69, 9.17) is 0 Å². The van der Waals surface area contributed by atoms with Crippen molar-refractivity contribution >= 4 is 17.3 Å². The molecule has 3 rings (SSSR count). The monoisotopic (exact) mass is 279 g/mol. The molecule has 3 nitrogen and oxygen atoms in total. The summed E-state index contributed by atoms with van der Waals surface area (Å²) in [5.74, 6) is 0.852. The van der Waals surface area contributed by atoms with Crippen LogP contribution in [0.4, 0.5) is 0 Å². The fraction of sp³-hybridized carbons (Fsp3) is 0.667. The lowest BCUT2D eigenvalue weighted by Crippen LogP contribution is -2.24. The van der Waals surface area contributed by atoms with E-state index in [1.807, 2.05) is 6.07 Å². The van der Waals surface area contributed by atoms with Crippen LogP contribution >= 0.6 is 11.3 Å². The third-order valence-electron chi connectivity index (χ3n) is 4.38. The zero-order chi connectivity index (χ0) is 13.3. The normalized spacial score (nSPS) is 20.3. The summed E-state index contributed by atoms with van der Waals surface area (Å²) in [7, 11) is 1.44. The molecule has 1 heterocycles. The highest BCUT2D eigenvalue weighted by molar-refractivity contribution is 7.12. The number of rotatable bonds is 7. The molecule has 0 amide bonds. The summed E-state index contributed by atoms with van der Waals surface area (Å²) < 4.78 is 4.68. The Morgan fingerprint density at radius 3 is 2.79 bits per heavy atom. The van der Waals surface area contributed by atoms with Gasteiger partial charge in [0.1, 0.15) is 0 Å². The van der Waals surface area contributed by atoms with Crippen LogP contribution in [0.1, 0.15) is 35.4 Å². The second kappa shape index (κ2) is 5.25. The Labute approximate surface area is 118 Å². The molecule has 2 saturated carbocycles. The lowest BCUT2D eigenvalue weighted by molar-refractivity contribution is -0.139. The molecule has 2 fully saturated rings. The summed E-state index contributed by atoms with van der Waals surface area (Å²) in [5, 5.41) is 3.60. The molecule has 0 unspecified atom stereocenters. The molecule has 0 saturated heterocycles. The topological polar surface area (TPSA) is 38.3 Å². The van der Waals surface area contributed by atoms with Gasteiger partial charge in [-0.2, -0.15) is 0 Å². The third kappa shape index (κ3) is 3.18. The van der Waals surface area contributed by atoms with Crippen molar-refractivity contribution < 1.29 is 9.53 Å². The van der Waals surface area contributed by atoms with Crippen LogP contribution in [0.15, 0.2) is 12.1 Å². The summed E-state index contributed by atoms with van der Waals surface area (Å²) in [6.07, 6.45) is 6.13. The number of nitrogens with one attached hydrogen (secondary N) is 1. The second-order valence-electron chi connectivity index (χ2n) is 5.86. The van der Waals surface area contributed by atoms with Crippen molar-refractivity contribution in [3.63, 3.8) is 0 Å². The number of carbonyl (C=O) groups is 1. The van der Waals surface area contributed by atoms with E-state index in [-0.39, 0.29) is 5.97 Å². The quantitative estimate of drug-likeness (QED) is 0.780. The smallest absolute Gasteiger partial charge is 0.310 e. The van der Waals surface area contributed by atoms with Gasteiger partial charge < -0.3 is 10.1 Å². The Balaban J connectivity index is 1.44. The van der Waals surface area contributed by atoms with Crippen LogP contribution in [0.25, 0.3) is 0 Å². The molecule has 1 aromatic rings. The molecule has 1 N–H and O–H groups in total. The number of ether oxygens (including phenoxy) is 1. The molecule has 4 heteroatoms. The first kappa shape index (κ1) is 13.1. The predicted octanol–water partition coefficient (Wildman–Crippen LogP) is 2.74. The number of methoxy groups -OCH3 is 1. The summed E-state index contributed by atoms with van der Waals surface area (Å²) in [6.45, 7) is 2.10. The first-order chi connectivity index (χ1) is 9.22. The molecule has 0 spiro atoms. The van der Waals surface area contributed by atoms with Crippen LogP contribution in [0.5, 0.6) is 0 Å². The van der Waals surface area contributed by atoms with Gasteiger partial charge >= 0.3 is 5.97 Å². The van der Waals surface area contributed by atoms with Crippen molar-refractivity contribution in [1.29, 1.82) is 0 Å². The SMILES string of the molecule is COC(=O)Cc1ccc(CNCC2(C3CC3)CC2)s1. The maximum atomic E-state index is 11.2. The average molecular weight is 279 g/mol. The van der Waals surface area contributed by atoms with Crippen LogP contribution < -0.4 is 5.32 Å². The number of hydrogen-bond donors (Lipinski definition) is 1. The van der Waals surface area contributed by atoms with Crippen molar-refractivity contribution in [2.45, 2.75) is 38.6 Å². The average Bonchev–Trinajstić information content (AvgIpc) is 3.29. The number of hydrogen-bond acceptors (Lipinski definition) is 4. The van der Waals surface area contributed by atoms with E-state index in [1.165, 1.54) is 44.2 Å². The Morgan fingerprint density at radius 2 is 2.16 bits per heavy atom. The lowest BCUT2D eigenvalue weighted by Gasteiger charge is -2.14. The minimum atomic E-state index is -0.160. The van der Waals surface area contributed by atoms with Crippen molar-refractivity contribution in [2.75, 3.05) is 13.7 Å². The summed E-state index contributed by atoms with van der Waals surface area (Å²) in [5.41, 5.74) is 0.659. The van der Waals surface area contributed by atoms with E-state index >= 15 is 0 Å². The summed E-state index contributed by atoms with van der Waals surface area (Å²) >= 11 is 1.71. The van der Waals surface area contributed by atoms with Gasteiger partial charge in [-0.15, -0.1) is 11.3 Å². The fourth-order valence-electron chi connectivity index (χ4n) is 2.85. The first-order valence-electron chi connectivity index (χ1n) is 7.07. The van der Waals surface area contributed by atoms with Crippen LogP contribution in [0.2, 0.25) is 0 Å². The minimum absolute atomic E-state index is 0.160. The van der Waals surface area contributed by atoms with Crippen LogP contribution in [-0.4, -0.2) is 19.6 Å². The molecule has 2 aliphatic carbocycles. The Bertz CT molecular complexity index is 460. The highest BCUT2D eigenvalue weighted by Gasteiger charge is 2.53. The maximum absolute atomic E-state index is 11.2. The molecular formula is C15H21NO2S. The molecule has 0 aliphatic heterocycles. The summed E-state index contributed by atoms with van der Waals surface area (Å²) in [4.78, 5) is 13.6. The molecule has 2 aliphatic rings. The van der Waals surface area contributed by atoms with E-state index in [9.17, 15) is 4.79 Å². The number of esters is 1. The van der Waals surface area contributed by atoms with Crippen LogP contribution in [0.3, 0.4) is 0 Å². The molecular weight excluding hydrogens is 258 g/mol. The standard InChI is InChI=1S/C15H21NO2S/c1-18-14(17)8-12-4-5-13(19-12)9-16-10-15(6-7-15)11-2-3-11/h4-5,11,16H,2-3,6-10H2,1H3. The zero-order valence-corrected chi connectivity index (χ0v) is 12.2. The molecule has 0 radical (unpaired) electrons. The van der Waals surface area contributed by atoms with E-state index < -0.39 is 0 Å². The van der Waals surface area contributed by atoms with E-state index in [2.05, 4.69) is 16.1 Å². The maximum Gasteiger partial charge on any atom is 0.310 e. The number of carbonyl (C=O) groups excluding carboxylic acids is 1. The van der Waals surface area contributed by atoms with Crippen molar-refractivity contribution in [2.24, 2.45) is 11.3 Å². The minimum Gasteiger partial charge on any atom is -0.469 e. The molecule has 0 atom stereocenters. The molecule has 0 aromatic carbocycles. The van der Waals surface area contributed by atoms with Gasteiger partial charge in [-0.3, -0.25) is 4.79 Å². The highest BCUT2D eigenvalue weighted by atomic mass is 32.1. The van der Waals surface area contributed by atoms with Gasteiger partial charge in [-0.05, 0) is 49.1 Å². The van der Waals surface area contributed by atoms with E-state index in [1.54, 1.807) is 11.3 Å². The van der Waals surface area contributed by atoms with Gasteiger partial charge in [-0.1, -0.05) is 0 Å². The number of thiophene rings is 1. The van der Waals surface area contributed by atoms with Gasteiger partial charge in [0.2, 0.25) is 0 Å². The van der Waals surface area contributed by atoms with Gasteiger partial charge in [0.15, 0.2) is 0 Å². The van der Waals surface area contributed by atoms with E-state index in [0.29, 0.717) is 11.8 Å². The third-order valence-corrected chi connectivity index (χ3v) is 5.46. The first-order valence-corrected chi connectivity index (χ1v) is 7.89. The van der Waals surface area contributed by atoms with Crippen LogP contribution in [0, 0.1) is 11.3 Å². The molecule has 104 valence electrons. The van der Waals surface area contributed by atoms with Gasteiger partial charge in [-0.25, -0.2) is 0 Å². The molecule has 19 heavy (non-hydrogen) atoms. The highest BCUT2D eigenvalue weighted by Crippen LogP contribution is 2.60. The Morgan fingerprint density at radius 1 is 1.42 bits per heavy atom. The second-order valence-corrected chi connectivity index (χ2v) is 7.11. The van der Waals surface area contributed by atoms with Gasteiger partial charge in [0, 0.05) is 22.8 Å². The Kier molecular flexibility index (Phi) is 3.63. The molecule has 0 bridgehead atoms. The van der Waals surface area contributed by atoms with Crippen molar-refractivity contribution in [3.8, 4) is 0 Å². The van der Waals surface area contributed by atoms with Crippen molar-refractivity contribution in [1.82, 2.24) is 5.32 Å². The lowest BCUT2D eigenvalue weighted by atomic mass is 10.0. The Hall–Kier alpha value is -0.870. The van der Waals surface area contributed by atoms with E-state index in [0.717, 1.165) is 17.3 Å².